The van der Waals surface area contributed by atoms with Crippen LogP contribution in [-0.4, -0.2) is 8.39 Å². The molecule has 0 atom stereocenters. The van der Waals surface area contributed by atoms with Crippen molar-refractivity contribution < 1.29 is 16.5 Å². The number of thiocarbonyl (C=S) groups is 2. The summed E-state index contributed by atoms with van der Waals surface area (Å²) in [5.74, 6) is 0. The molecule has 0 heterocycles. The van der Waals surface area contributed by atoms with Crippen LogP contribution in [0.25, 0.3) is 0 Å². The summed E-state index contributed by atoms with van der Waals surface area (Å²) in [6, 6.07) is 19.2. The van der Waals surface area contributed by atoms with E-state index in [1.807, 2.05) is 60.7 Å². The van der Waals surface area contributed by atoms with Crippen LogP contribution in [-0.2, 0) is 41.7 Å². The zero-order valence-corrected chi connectivity index (χ0v) is 14.0. The van der Waals surface area contributed by atoms with Gasteiger partial charge in [0.05, 0.1) is 0 Å². The van der Waals surface area contributed by atoms with E-state index in [-0.39, 0.29) is 16.5 Å². The van der Waals surface area contributed by atoms with Gasteiger partial charge in [-0.05, 0) is 11.1 Å². The molecule has 0 spiro atoms. The Morgan fingerprint density at radius 1 is 0.632 bits per heavy atom. The van der Waals surface area contributed by atoms with E-state index in [9.17, 15) is 0 Å². The Kier molecular flexibility index (Phi) is 10.1. The maximum Gasteiger partial charge on any atom is 2.00 e. The molecule has 2 rings (SSSR count). The zero-order chi connectivity index (χ0) is 13.4. The van der Waals surface area contributed by atoms with Gasteiger partial charge in [-0.25, -0.2) is 0 Å². The molecule has 0 aliphatic heterocycles. The smallest absolute Gasteiger partial charge is 0.428 e. The minimum Gasteiger partial charge on any atom is -0.428 e. The Balaban J connectivity index is 0.000000324. The quantitative estimate of drug-likeness (QED) is 0.451. The van der Waals surface area contributed by atoms with Gasteiger partial charge in [-0.2, -0.15) is 0 Å². The molecule has 100 valence electrons. The summed E-state index contributed by atoms with van der Waals surface area (Å²) in [4.78, 5) is 0. The molecule has 0 bridgehead atoms. The van der Waals surface area contributed by atoms with Crippen molar-refractivity contribution in [2.75, 3.05) is 0 Å². The van der Waals surface area contributed by atoms with E-state index in [0.29, 0.717) is 8.39 Å². The van der Waals surface area contributed by atoms with Gasteiger partial charge in [0, 0.05) is 0 Å². The Labute approximate surface area is 145 Å². The molecule has 5 heteroatoms. The van der Waals surface area contributed by atoms with Gasteiger partial charge in [-0.15, -0.1) is 8.39 Å². The zero-order valence-electron chi connectivity index (χ0n) is 9.72. The molecule has 0 amide bonds. The topological polar surface area (TPSA) is 0 Å². The van der Waals surface area contributed by atoms with Gasteiger partial charge >= 0.3 is 16.5 Å². The first-order valence-electron chi connectivity index (χ1n) is 5.14. The monoisotopic (exact) mass is 364 g/mol. The SMILES string of the molecule is S=C([S-])c1ccccc1.S=C([S-])c1ccccc1.[Ni+2]. The number of hydrogen-bond donors (Lipinski definition) is 0. The molecule has 0 unspecified atom stereocenters. The Morgan fingerprint density at radius 3 is 1.05 bits per heavy atom. The minimum atomic E-state index is 0. The van der Waals surface area contributed by atoms with E-state index in [1.165, 1.54) is 0 Å². The Bertz CT molecular complexity index is 462. The molecule has 0 nitrogen and oxygen atoms in total. The predicted molar refractivity (Wildman–Crippen MR) is 91.0 cm³/mol. The van der Waals surface area contributed by atoms with Gasteiger partial charge in [0.15, 0.2) is 0 Å². The second-order valence-corrected chi connectivity index (χ2v) is 5.46. The van der Waals surface area contributed by atoms with Crippen LogP contribution in [0.2, 0.25) is 0 Å². The van der Waals surface area contributed by atoms with Crippen LogP contribution in [0.15, 0.2) is 60.7 Å². The van der Waals surface area contributed by atoms with Gasteiger partial charge in [0.25, 0.3) is 0 Å². The van der Waals surface area contributed by atoms with Crippen LogP contribution in [0.5, 0.6) is 0 Å². The van der Waals surface area contributed by atoms with Gasteiger partial charge in [-0.1, -0.05) is 60.7 Å². The van der Waals surface area contributed by atoms with E-state index in [4.69, 9.17) is 49.7 Å². The van der Waals surface area contributed by atoms with Crippen molar-refractivity contribution in [3.8, 4) is 0 Å². The normalized spacial score (nSPS) is 8.42. The van der Waals surface area contributed by atoms with Crippen LogP contribution in [0.4, 0.5) is 0 Å². The third kappa shape index (κ3) is 7.65. The van der Waals surface area contributed by atoms with E-state index in [2.05, 4.69) is 0 Å². The fraction of sp³-hybridized carbons (Fsp3) is 0. The van der Waals surface area contributed by atoms with Crippen molar-refractivity contribution in [3.63, 3.8) is 0 Å². The second-order valence-electron chi connectivity index (χ2n) is 3.31. The van der Waals surface area contributed by atoms with Crippen LogP contribution in [0, 0.1) is 0 Å². The van der Waals surface area contributed by atoms with Crippen molar-refractivity contribution in [3.05, 3.63) is 71.8 Å². The summed E-state index contributed by atoms with van der Waals surface area (Å²) in [5, 5.41) is 0. The summed E-state index contributed by atoms with van der Waals surface area (Å²) < 4.78 is 1.08. The molecule has 0 saturated carbocycles. The third-order valence-electron chi connectivity index (χ3n) is 2.02. The minimum absolute atomic E-state index is 0. The maximum atomic E-state index is 4.78. The molecular formula is C14H10NiS4. The molecule has 0 aliphatic carbocycles. The number of benzene rings is 2. The molecule has 2 aromatic rings. The Morgan fingerprint density at radius 2 is 0.895 bits per heavy atom. The first-order valence-corrected chi connectivity index (χ1v) is 6.77. The van der Waals surface area contributed by atoms with Gasteiger partial charge in [0.2, 0.25) is 0 Å². The Hall–Kier alpha value is -0.446. The molecular weight excluding hydrogens is 355 g/mol. The molecule has 0 saturated heterocycles. The molecule has 0 radical (unpaired) electrons. The molecule has 2 aromatic carbocycles. The van der Waals surface area contributed by atoms with Gasteiger partial charge < -0.3 is 49.7 Å². The van der Waals surface area contributed by atoms with Crippen LogP contribution in [0.3, 0.4) is 0 Å². The standard InChI is InChI=1S/2C7H6S2.Ni/c2*8-7(9)6-4-2-1-3-5-6;/h2*1-5H,(H,8,9);/q;;+2/p-2. The number of hydrogen-bond acceptors (Lipinski definition) is 4. The van der Waals surface area contributed by atoms with Crippen LogP contribution in [0.1, 0.15) is 11.1 Å². The van der Waals surface area contributed by atoms with Gasteiger partial charge in [-0.3, -0.25) is 0 Å². The fourth-order valence-corrected chi connectivity index (χ4v) is 1.69. The predicted octanol–water partition coefficient (Wildman–Crippen LogP) is 3.82. The van der Waals surface area contributed by atoms with E-state index in [0.717, 1.165) is 11.1 Å². The van der Waals surface area contributed by atoms with E-state index >= 15 is 0 Å². The van der Waals surface area contributed by atoms with Crippen molar-refractivity contribution in [2.24, 2.45) is 0 Å². The van der Waals surface area contributed by atoms with Crippen LogP contribution < -0.4 is 0 Å². The van der Waals surface area contributed by atoms with E-state index in [1.54, 1.807) is 0 Å². The van der Waals surface area contributed by atoms with E-state index < -0.39 is 0 Å². The molecule has 0 N–H and O–H groups in total. The van der Waals surface area contributed by atoms with Gasteiger partial charge in [0.1, 0.15) is 0 Å². The fourth-order valence-electron chi connectivity index (χ4n) is 1.15. The summed E-state index contributed by atoms with van der Waals surface area (Å²) >= 11 is 19.1. The molecule has 19 heavy (non-hydrogen) atoms. The second kappa shape index (κ2) is 10.4. The third-order valence-corrected chi connectivity index (χ3v) is 2.96. The van der Waals surface area contributed by atoms with Crippen LogP contribution >= 0.6 is 24.4 Å². The molecule has 0 aromatic heterocycles. The summed E-state index contributed by atoms with van der Waals surface area (Å²) in [6.07, 6.45) is 0. The van der Waals surface area contributed by atoms with Crippen molar-refractivity contribution in [1.29, 1.82) is 0 Å². The molecule has 0 fully saturated rings. The summed E-state index contributed by atoms with van der Waals surface area (Å²) in [5.41, 5.74) is 1.92. The average molecular weight is 365 g/mol. The average Bonchev–Trinajstić information content (AvgIpc) is 2.41. The number of rotatable bonds is 2. The maximum absolute atomic E-state index is 4.78. The van der Waals surface area contributed by atoms with Crippen molar-refractivity contribution in [2.45, 2.75) is 0 Å². The molecule has 0 aliphatic rings. The van der Waals surface area contributed by atoms with Crippen molar-refractivity contribution >= 4 is 58.1 Å². The summed E-state index contributed by atoms with van der Waals surface area (Å²) in [6.45, 7) is 0. The summed E-state index contributed by atoms with van der Waals surface area (Å²) in [7, 11) is 0. The first kappa shape index (κ1) is 18.6. The van der Waals surface area contributed by atoms with Crippen molar-refractivity contribution in [1.82, 2.24) is 0 Å². The largest absolute Gasteiger partial charge is 2.00 e. The first-order chi connectivity index (χ1) is 8.61.